The maximum Gasteiger partial charge on any atom is 0.131 e. The number of hydrogen-bond donors (Lipinski definition) is 0. The Hall–Kier alpha value is -2.76. The van der Waals surface area contributed by atoms with Gasteiger partial charge in [0.25, 0.3) is 0 Å². The van der Waals surface area contributed by atoms with Crippen LogP contribution in [-0.4, -0.2) is 0 Å². The van der Waals surface area contributed by atoms with Gasteiger partial charge < -0.3 is 14.2 Å². The van der Waals surface area contributed by atoms with Crippen LogP contribution in [0.25, 0.3) is 0 Å². The zero-order valence-electron chi connectivity index (χ0n) is 17.1. The van der Waals surface area contributed by atoms with Crippen LogP contribution < -0.4 is 14.2 Å². The number of aryl methyl sites for hydroxylation is 2. The van der Waals surface area contributed by atoms with E-state index in [-0.39, 0.29) is 0 Å². The van der Waals surface area contributed by atoms with Gasteiger partial charge >= 0.3 is 0 Å². The molecule has 0 radical (unpaired) electrons. The predicted octanol–water partition coefficient (Wildman–Crippen LogP) is 9.21. The summed E-state index contributed by atoms with van der Waals surface area (Å²) in [5.41, 5.74) is 2.24. The molecule has 0 saturated heterocycles. The van der Waals surface area contributed by atoms with E-state index in [1.807, 2.05) is 98.8 Å². The summed E-state index contributed by atoms with van der Waals surface area (Å²) in [6, 6.07) is 27.0. The van der Waals surface area contributed by atoms with E-state index in [9.17, 15) is 0 Å². The Morgan fingerprint density at radius 3 is 1.16 bits per heavy atom. The molecule has 4 rings (SSSR count). The molecule has 0 atom stereocenters. The summed E-state index contributed by atoms with van der Waals surface area (Å²) in [4.78, 5) is 0. The minimum Gasteiger partial charge on any atom is -0.457 e. The minimum absolute atomic E-state index is 0.680. The lowest BCUT2D eigenvalue weighted by Gasteiger charge is -2.11. The third-order valence-corrected chi connectivity index (χ3v) is 5.27. The van der Waals surface area contributed by atoms with Crippen LogP contribution >= 0.6 is 31.9 Å². The van der Waals surface area contributed by atoms with Crippen LogP contribution in [0.1, 0.15) is 11.1 Å². The van der Waals surface area contributed by atoms with E-state index < -0.39 is 0 Å². The Labute approximate surface area is 198 Å². The summed E-state index contributed by atoms with van der Waals surface area (Å²) in [6.45, 7) is 4.06. The van der Waals surface area contributed by atoms with Crippen LogP contribution in [0.15, 0.2) is 93.9 Å². The molecule has 0 N–H and O–H groups in total. The zero-order chi connectivity index (χ0) is 21.8. The van der Waals surface area contributed by atoms with Crippen molar-refractivity contribution in [2.75, 3.05) is 0 Å². The van der Waals surface area contributed by atoms with Crippen LogP contribution in [0.4, 0.5) is 0 Å². The van der Waals surface area contributed by atoms with Gasteiger partial charge in [-0.05, 0) is 85.6 Å². The second-order valence-electron chi connectivity index (χ2n) is 7.18. The monoisotopic (exact) mass is 538 g/mol. The SMILES string of the molecule is Cc1cc(Br)cc(Oc2cccc(Oc3cccc(Oc4cc(C)cc(Br)c4)c3)c2)c1. The number of rotatable bonds is 6. The smallest absolute Gasteiger partial charge is 0.131 e. The second-order valence-corrected chi connectivity index (χ2v) is 9.02. The molecule has 0 aromatic heterocycles. The van der Waals surface area contributed by atoms with E-state index >= 15 is 0 Å². The van der Waals surface area contributed by atoms with Gasteiger partial charge in [-0.3, -0.25) is 0 Å². The standard InChI is InChI=1S/C26H20Br2O3/c1-17-9-19(27)13-25(11-17)30-23-7-3-5-21(15-23)29-22-6-4-8-24(16-22)31-26-12-18(2)10-20(28)14-26/h3-16H,1-2H3. The molecule has 0 amide bonds. The molecule has 0 bridgehead atoms. The average Bonchev–Trinajstić information content (AvgIpc) is 2.67. The lowest BCUT2D eigenvalue weighted by Crippen LogP contribution is -1.89. The summed E-state index contributed by atoms with van der Waals surface area (Å²) in [6.07, 6.45) is 0. The topological polar surface area (TPSA) is 27.7 Å². The number of halogens is 2. The van der Waals surface area contributed by atoms with E-state index in [0.29, 0.717) is 23.0 Å². The highest BCUT2D eigenvalue weighted by Gasteiger charge is 2.06. The van der Waals surface area contributed by atoms with Crippen molar-refractivity contribution >= 4 is 31.9 Å². The first-order chi connectivity index (χ1) is 14.9. The number of hydrogen-bond acceptors (Lipinski definition) is 3. The Bertz CT molecular complexity index is 1090. The summed E-state index contributed by atoms with van der Waals surface area (Å²) in [5, 5.41) is 0. The Morgan fingerprint density at radius 2 is 0.806 bits per heavy atom. The number of ether oxygens (including phenoxy) is 3. The molecule has 0 saturated carbocycles. The van der Waals surface area contributed by atoms with Gasteiger partial charge in [-0.25, -0.2) is 0 Å². The van der Waals surface area contributed by atoms with Crippen molar-refractivity contribution in [2.45, 2.75) is 13.8 Å². The van der Waals surface area contributed by atoms with Gasteiger partial charge in [-0.2, -0.15) is 0 Å². The molecule has 0 aliphatic rings. The van der Waals surface area contributed by atoms with Gasteiger partial charge in [0.05, 0.1) is 0 Å². The van der Waals surface area contributed by atoms with Crippen molar-refractivity contribution in [3.8, 4) is 34.5 Å². The van der Waals surface area contributed by atoms with Gasteiger partial charge in [0.2, 0.25) is 0 Å². The Kier molecular flexibility index (Phi) is 6.64. The Morgan fingerprint density at radius 1 is 0.452 bits per heavy atom. The number of benzene rings is 4. The lowest BCUT2D eigenvalue weighted by atomic mass is 10.2. The molecule has 0 spiro atoms. The highest BCUT2D eigenvalue weighted by molar-refractivity contribution is 9.10. The highest BCUT2D eigenvalue weighted by atomic mass is 79.9. The van der Waals surface area contributed by atoms with Crippen molar-refractivity contribution in [3.63, 3.8) is 0 Å². The van der Waals surface area contributed by atoms with Crippen LogP contribution in [0.3, 0.4) is 0 Å². The third kappa shape index (κ3) is 6.12. The van der Waals surface area contributed by atoms with Gasteiger partial charge in [0, 0.05) is 21.1 Å². The molecular formula is C26H20Br2O3. The maximum atomic E-state index is 6.05. The highest BCUT2D eigenvalue weighted by Crippen LogP contribution is 2.33. The lowest BCUT2D eigenvalue weighted by molar-refractivity contribution is 0.451. The fourth-order valence-corrected chi connectivity index (χ4v) is 4.31. The molecule has 0 fully saturated rings. The fourth-order valence-electron chi connectivity index (χ4n) is 3.13. The molecule has 0 unspecified atom stereocenters. The molecule has 0 aliphatic carbocycles. The van der Waals surface area contributed by atoms with Gasteiger partial charge in [0.15, 0.2) is 0 Å². The van der Waals surface area contributed by atoms with Gasteiger partial charge in [-0.15, -0.1) is 0 Å². The third-order valence-electron chi connectivity index (χ3n) is 4.35. The van der Waals surface area contributed by atoms with E-state index in [4.69, 9.17) is 14.2 Å². The van der Waals surface area contributed by atoms with Gasteiger partial charge in [-0.1, -0.05) is 44.0 Å². The molecule has 4 aromatic carbocycles. The minimum atomic E-state index is 0.680. The molecule has 0 heterocycles. The fraction of sp³-hybridized carbons (Fsp3) is 0.0769. The molecule has 0 aliphatic heterocycles. The summed E-state index contributed by atoms with van der Waals surface area (Å²) in [5.74, 6) is 4.30. The first-order valence-electron chi connectivity index (χ1n) is 9.71. The molecule has 5 heteroatoms. The van der Waals surface area contributed by atoms with Gasteiger partial charge in [0.1, 0.15) is 34.5 Å². The van der Waals surface area contributed by atoms with E-state index in [1.54, 1.807) is 0 Å². The molecule has 31 heavy (non-hydrogen) atoms. The molecule has 156 valence electrons. The van der Waals surface area contributed by atoms with Crippen LogP contribution in [0.5, 0.6) is 34.5 Å². The van der Waals surface area contributed by atoms with Crippen LogP contribution in [0, 0.1) is 13.8 Å². The quantitative estimate of drug-likeness (QED) is 0.244. The Balaban J connectivity index is 1.49. The average molecular weight is 540 g/mol. The van der Waals surface area contributed by atoms with Crippen LogP contribution in [-0.2, 0) is 0 Å². The van der Waals surface area contributed by atoms with Crippen molar-refractivity contribution in [3.05, 3.63) is 105 Å². The second kappa shape index (κ2) is 9.58. The van der Waals surface area contributed by atoms with E-state index in [0.717, 1.165) is 31.6 Å². The van der Waals surface area contributed by atoms with Crippen molar-refractivity contribution in [2.24, 2.45) is 0 Å². The zero-order valence-corrected chi connectivity index (χ0v) is 20.2. The first kappa shape index (κ1) is 21.5. The van der Waals surface area contributed by atoms with Crippen LogP contribution in [0.2, 0.25) is 0 Å². The maximum absolute atomic E-state index is 6.05. The first-order valence-corrected chi connectivity index (χ1v) is 11.3. The molecule has 3 nitrogen and oxygen atoms in total. The van der Waals surface area contributed by atoms with E-state index in [1.165, 1.54) is 0 Å². The summed E-state index contributed by atoms with van der Waals surface area (Å²) in [7, 11) is 0. The van der Waals surface area contributed by atoms with E-state index in [2.05, 4.69) is 31.9 Å². The largest absolute Gasteiger partial charge is 0.457 e. The molecule has 4 aromatic rings. The van der Waals surface area contributed by atoms with Crippen molar-refractivity contribution in [1.29, 1.82) is 0 Å². The summed E-state index contributed by atoms with van der Waals surface area (Å²) >= 11 is 7.01. The van der Waals surface area contributed by atoms with Crippen molar-refractivity contribution < 1.29 is 14.2 Å². The normalized spacial score (nSPS) is 10.6. The predicted molar refractivity (Wildman–Crippen MR) is 131 cm³/mol. The van der Waals surface area contributed by atoms with Crippen molar-refractivity contribution in [1.82, 2.24) is 0 Å². The molecular weight excluding hydrogens is 520 g/mol. The summed E-state index contributed by atoms with van der Waals surface area (Å²) < 4.78 is 20.0.